The number of nitrogens with zero attached hydrogens (tertiary/aromatic N) is 5. The number of halogens is 2. The molecule has 0 saturated carbocycles. The molecule has 0 radical (unpaired) electrons. The van der Waals surface area contributed by atoms with Gasteiger partial charge in [0.15, 0.2) is 5.65 Å². The number of aryl methyl sites for hydroxylation is 1. The largest absolute Gasteiger partial charge is 0.465 e. The molecule has 3 heterocycles. The second kappa shape index (κ2) is 5.99. The number of ether oxygens (including phenoxy) is 1. The van der Waals surface area contributed by atoms with Gasteiger partial charge < -0.3 is 4.74 Å². The molecule has 126 valence electrons. The molecule has 0 aromatic carbocycles. The molecule has 0 fully saturated rings. The Kier molecular flexibility index (Phi) is 4.00. The summed E-state index contributed by atoms with van der Waals surface area (Å²) in [4.78, 5) is 16.2. The second-order valence-corrected chi connectivity index (χ2v) is 5.11. The van der Waals surface area contributed by atoms with E-state index >= 15 is 0 Å². The molecule has 0 aliphatic rings. The summed E-state index contributed by atoms with van der Waals surface area (Å²) >= 11 is 0. The summed E-state index contributed by atoms with van der Waals surface area (Å²) in [7, 11) is 1.21. The first-order valence-corrected chi connectivity index (χ1v) is 7.25. The number of rotatable bonds is 4. The Morgan fingerprint density at radius 3 is 2.67 bits per heavy atom. The fourth-order valence-corrected chi connectivity index (χ4v) is 2.55. The Balaban J connectivity index is 2.28. The van der Waals surface area contributed by atoms with Crippen molar-refractivity contribution in [1.29, 1.82) is 0 Å². The molecule has 3 rings (SSSR count). The van der Waals surface area contributed by atoms with Crippen molar-refractivity contribution in [3.63, 3.8) is 0 Å². The second-order valence-electron chi connectivity index (χ2n) is 5.11. The van der Waals surface area contributed by atoms with Gasteiger partial charge in [-0.25, -0.2) is 23.1 Å². The lowest BCUT2D eigenvalue weighted by atomic mass is 10.1. The average Bonchev–Trinajstić information content (AvgIpc) is 3.16. The van der Waals surface area contributed by atoms with Crippen molar-refractivity contribution in [1.82, 2.24) is 24.4 Å². The van der Waals surface area contributed by atoms with Gasteiger partial charge >= 0.3 is 5.97 Å². The Hall–Kier alpha value is -2.84. The van der Waals surface area contributed by atoms with Crippen LogP contribution in [-0.2, 0) is 11.3 Å². The molecule has 3 aromatic heterocycles. The Morgan fingerprint density at radius 1 is 1.33 bits per heavy atom. The van der Waals surface area contributed by atoms with E-state index < -0.39 is 12.4 Å². The van der Waals surface area contributed by atoms with Crippen LogP contribution in [0.3, 0.4) is 0 Å². The minimum absolute atomic E-state index is 0.0262. The highest BCUT2D eigenvalue weighted by Crippen LogP contribution is 2.28. The minimum Gasteiger partial charge on any atom is -0.465 e. The highest BCUT2D eigenvalue weighted by atomic mass is 19.3. The van der Waals surface area contributed by atoms with Gasteiger partial charge in [0.2, 0.25) is 0 Å². The topological polar surface area (TPSA) is 74.3 Å². The Bertz CT molecular complexity index is 916. The SMILES string of the molecule is CCn1ncc(-c2cc(C(F)F)n3ncc(C(=O)OC)c3n2)c1C. The predicted molar refractivity (Wildman–Crippen MR) is 80.9 cm³/mol. The summed E-state index contributed by atoms with van der Waals surface area (Å²) in [6.07, 6.45) is -0.0334. The van der Waals surface area contributed by atoms with E-state index in [0.29, 0.717) is 17.8 Å². The molecule has 0 spiro atoms. The van der Waals surface area contributed by atoms with E-state index in [1.165, 1.54) is 19.4 Å². The van der Waals surface area contributed by atoms with E-state index in [9.17, 15) is 13.6 Å². The van der Waals surface area contributed by atoms with Crippen molar-refractivity contribution < 1.29 is 18.3 Å². The van der Waals surface area contributed by atoms with Crippen molar-refractivity contribution >= 4 is 11.6 Å². The van der Waals surface area contributed by atoms with Crippen LogP contribution in [0.25, 0.3) is 16.9 Å². The van der Waals surface area contributed by atoms with Gasteiger partial charge in [-0.2, -0.15) is 10.2 Å². The minimum atomic E-state index is -2.78. The van der Waals surface area contributed by atoms with Gasteiger partial charge in [0.1, 0.15) is 11.3 Å². The first-order chi connectivity index (χ1) is 11.5. The fourth-order valence-electron chi connectivity index (χ4n) is 2.55. The number of carbonyl (C=O) groups excluding carboxylic acids is 1. The van der Waals surface area contributed by atoms with Crippen LogP contribution in [0.4, 0.5) is 8.78 Å². The van der Waals surface area contributed by atoms with Crippen molar-refractivity contribution in [3.05, 3.63) is 35.4 Å². The molecule has 0 aliphatic heterocycles. The lowest BCUT2D eigenvalue weighted by Crippen LogP contribution is -2.06. The highest BCUT2D eigenvalue weighted by molar-refractivity contribution is 5.95. The first kappa shape index (κ1) is 16.0. The molecule has 0 bridgehead atoms. The highest BCUT2D eigenvalue weighted by Gasteiger charge is 2.22. The van der Waals surface area contributed by atoms with Crippen LogP contribution >= 0.6 is 0 Å². The van der Waals surface area contributed by atoms with Crippen LogP contribution in [0.2, 0.25) is 0 Å². The van der Waals surface area contributed by atoms with E-state index in [-0.39, 0.29) is 16.9 Å². The third-order valence-electron chi connectivity index (χ3n) is 3.81. The molecule has 9 heteroatoms. The summed E-state index contributed by atoms with van der Waals surface area (Å²) in [6, 6.07) is 1.26. The summed E-state index contributed by atoms with van der Waals surface area (Å²) < 4.78 is 34.2. The Labute approximate surface area is 135 Å². The van der Waals surface area contributed by atoms with E-state index in [1.807, 2.05) is 13.8 Å². The molecule has 0 saturated heterocycles. The normalized spacial score (nSPS) is 11.4. The van der Waals surface area contributed by atoms with Crippen molar-refractivity contribution in [2.45, 2.75) is 26.8 Å². The van der Waals surface area contributed by atoms with Gasteiger partial charge in [-0.3, -0.25) is 4.68 Å². The molecule has 0 N–H and O–H groups in total. The summed E-state index contributed by atoms with van der Waals surface area (Å²) in [6.45, 7) is 4.41. The molecule has 0 unspecified atom stereocenters. The molecular weight excluding hydrogens is 320 g/mol. The van der Waals surface area contributed by atoms with Crippen LogP contribution in [-0.4, -0.2) is 37.5 Å². The number of aromatic nitrogens is 5. The molecule has 0 amide bonds. The van der Waals surface area contributed by atoms with Crippen LogP contribution in [0.5, 0.6) is 0 Å². The van der Waals surface area contributed by atoms with Gasteiger partial charge in [0.05, 0.1) is 25.2 Å². The molecular formula is C15H15F2N5O2. The maximum atomic E-state index is 13.4. The van der Waals surface area contributed by atoms with Crippen molar-refractivity contribution in [2.75, 3.05) is 7.11 Å². The maximum absolute atomic E-state index is 13.4. The molecule has 24 heavy (non-hydrogen) atoms. The standard InChI is InChI=1S/C15H15F2N5O2/c1-4-21-8(2)9(6-18-21)11-5-12(13(16)17)22-14(20-11)10(7-19-22)15(23)24-3/h5-7,13H,4H2,1-3H3. The first-order valence-electron chi connectivity index (χ1n) is 7.25. The summed E-state index contributed by atoms with van der Waals surface area (Å²) in [5.74, 6) is -0.684. The number of hydrogen-bond acceptors (Lipinski definition) is 5. The number of alkyl halides is 2. The van der Waals surface area contributed by atoms with Gasteiger partial charge in [-0.05, 0) is 19.9 Å². The zero-order valence-corrected chi connectivity index (χ0v) is 13.3. The van der Waals surface area contributed by atoms with Crippen LogP contribution in [0.15, 0.2) is 18.5 Å². The molecule has 7 nitrogen and oxygen atoms in total. The number of fused-ring (bicyclic) bond motifs is 1. The van der Waals surface area contributed by atoms with E-state index in [4.69, 9.17) is 0 Å². The van der Waals surface area contributed by atoms with Gasteiger partial charge in [0.25, 0.3) is 6.43 Å². The van der Waals surface area contributed by atoms with Crippen LogP contribution in [0, 0.1) is 6.92 Å². The van der Waals surface area contributed by atoms with E-state index in [0.717, 1.165) is 10.2 Å². The zero-order chi connectivity index (χ0) is 17.4. The molecule has 3 aromatic rings. The van der Waals surface area contributed by atoms with E-state index in [2.05, 4.69) is 19.9 Å². The third-order valence-corrected chi connectivity index (χ3v) is 3.81. The zero-order valence-electron chi connectivity index (χ0n) is 13.3. The monoisotopic (exact) mass is 335 g/mol. The quantitative estimate of drug-likeness (QED) is 0.685. The van der Waals surface area contributed by atoms with Crippen molar-refractivity contribution in [2.24, 2.45) is 0 Å². The third kappa shape index (κ3) is 2.41. The molecule has 0 aliphatic carbocycles. The average molecular weight is 335 g/mol. The number of carbonyl (C=O) groups is 1. The van der Waals surface area contributed by atoms with Gasteiger partial charge in [-0.1, -0.05) is 0 Å². The summed E-state index contributed by atoms with van der Waals surface area (Å²) in [5, 5.41) is 8.04. The summed E-state index contributed by atoms with van der Waals surface area (Å²) in [5.41, 5.74) is 1.43. The van der Waals surface area contributed by atoms with Gasteiger partial charge in [0, 0.05) is 17.8 Å². The number of methoxy groups -OCH3 is 1. The van der Waals surface area contributed by atoms with Crippen molar-refractivity contribution in [3.8, 4) is 11.3 Å². The number of hydrogen-bond donors (Lipinski definition) is 0. The number of esters is 1. The van der Waals surface area contributed by atoms with Gasteiger partial charge in [-0.15, -0.1) is 0 Å². The van der Waals surface area contributed by atoms with Crippen LogP contribution < -0.4 is 0 Å². The Morgan fingerprint density at radius 2 is 2.08 bits per heavy atom. The van der Waals surface area contributed by atoms with E-state index in [1.54, 1.807) is 10.9 Å². The van der Waals surface area contributed by atoms with Crippen LogP contribution in [0.1, 0.15) is 35.1 Å². The maximum Gasteiger partial charge on any atom is 0.343 e. The smallest absolute Gasteiger partial charge is 0.343 e. The molecule has 0 atom stereocenters. The fraction of sp³-hybridized carbons (Fsp3) is 0.333. The lowest BCUT2D eigenvalue weighted by Gasteiger charge is -2.08. The lowest BCUT2D eigenvalue weighted by molar-refractivity contribution is 0.0602. The predicted octanol–water partition coefficient (Wildman–Crippen LogP) is 2.65.